The van der Waals surface area contributed by atoms with Crippen LogP contribution in [-0.2, 0) is 0 Å². The van der Waals surface area contributed by atoms with Crippen LogP contribution in [-0.4, -0.2) is 40.7 Å². The van der Waals surface area contributed by atoms with E-state index in [-0.39, 0.29) is 0 Å². The molecule has 3 heterocycles. The summed E-state index contributed by atoms with van der Waals surface area (Å²) in [6.07, 6.45) is 2.12. The van der Waals surface area contributed by atoms with Crippen molar-refractivity contribution in [3.8, 4) is 0 Å². The molecular weight excluding hydrogens is 262 g/mol. The van der Waals surface area contributed by atoms with Crippen molar-refractivity contribution < 1.29 is 0 Å². The number of fused-ring (bicyclic) bond motifs is 3. The smallest absolute Gasteiger partial charge is 0.126 e. The highest BCUT2D eigenvalue weighted by Gasteiger charge is 2.09. The Labute approximate surface area is 114 Å². The average molecular weight is 277 g/mol. The SMILES string of the molecule is CN(C)CCSc1nc2ccsc2n2cccc12. The van der Waals surface area contributed by atoms with Gasteiger partial charge in [-0.25, -0.2) is 4.98 Å². The number of hydrogen-bond acceptors (Lipinski definition) is 4. The predicted octanol–water partition coefficient (Wildman–Crippen LogP) is 3.20. The molecule has 0 unspecified atom stereocenters. The van der Waals surface area contributed by atoms with Crippen molar-refractivity contribution in [3.63, 3.8) is 0 Å². The van der Waals surface area contributed by atoms with Crippen LogP contribution in [0.25, 0.3) is 15.9 Å². The van der Waals surface area contributed by atoms with Crippen molar-refractivity contribution in [1.29, 1.82) is 0 Å². The summed E-state index contributed by atoms with van der Waals surface area (Å²) < 4.78 is 2.24. The summed E-state index contributed by atoms with van der Waals surface area (Å²) in [6.45, 7) is 1.07. The van der Waals surface area contributed by atoms with E-state index >= 15 is 0 Å². The van der Waals surface area contributed by atoms with Gasteiger partial charge in [-0.05, 0) is 37.7 Å². The first kappa shape index (κ1) is 12.0. The maximum Gasteiger partial charge on any atom is 0.126 e. The van der Waals surface area contributed by atoms with Crippen molar-refractivity contribution in [2.75, 3.05) is 26.4 Å². The number of hydrogen-bond donors (Lipinski definition) is 0. The molecule has 0 saturated carbocycles. The molecule has 3 aromatic heterocycles. The molecule has 3 aromatic rings. The van der Waals surface area contributed by atoms with Gasteiger partial charge in [-0.3, -0.25) is 0 Å². The average Bonchev–Trinajstić information content (AvgIpc) is 2.95. The molecule has 0 spiro atoms. The molecule has 0 fully saturated rings. The predicted molar refractivity (Wildman–Crippen MR) is 79.9 cm³/mol. The molecule has 0 saturated heterocycles. The zero-order valence-electron chi connectivity index (χ0n) is 10.5. The highest BCUT2D eigenvalue weighted by molar-refractivity contribution is 7.99. The van der Waals surface area contributed by atoms with Gasteiger partial charge in [-0.2, -0.15) is 0 Å². The Morgan fingerprint density at radius 2 is 2.28 bits per heavy atom. The van der Waals surface area contributed by atoms with Gasteiger partial charge in [0.1, 0.15) is 9.86 Å². The minimum atomic E-state index is 1.07. The first-order chi connectivity index (χ1) is 8.75. The molecule has 0 atom stereocenters. The van der Waals surface area contributed by atoms with E-state index in [2.05, 4.69) is 53.2 Å². The molecule has 0 aromatic carbocycles. The summed E-state index contributed by atoms with van der Waals surface area (Å²) in [6, 6.07) is 6.33. The number of thioether (sulfide) groups is 1. The Hall–Kier alpha value is -1.04. The van der Waals surface area contributed by atoms with E-state index in [1.165, 1.54) is 10.3 Å². The van der Waals surface area contributed by atoms with Crippen LogP contribution in [0.1, 0.15) is 0 Å². The molecule has 0 amide bonds. The molecule has 0 N–H and O–H groups in total. The topological polar surface area (TPSA) is 20.5 Å². The van der Waals surface area contributed by atoms with Crippen molar-refractivity contribution in [2.45, 2.75) is 5.03 Å². The molecule has 0 bridgehead atoms. The number of thiophene rings is 1. The van der Waals surface area contributed by atoms with Gasteiger partial charge in [-0.15, -0.1) is 23.1 Å². The summed E-state index contributed by atoms with van der Waals surface area (Å²) in [5, 5.41) is 3.23. The third-order valence-electron chi connectivity index (χ3n) is 2.81. The fraction of sp³-hybridized carbons (Fsp3) is 0.308. The highest BCUT2D eigenvalue weighted by atomic mass is 32.2. The molecule has 3 nitrogen and oxygen atoms in total. The number of nitrogens with zero attached hydrogens (tertiary/aromatic N) is 3. The van der Waals surface area contributed by atoms with Crippen LogP contribution in [0.2, 0.25) is 0 Å². The van der Waals surface area contributed by atoms with E-state index in [1.807, 2.05) is 11.8 Å². The zero-order chi connectivity index (χ0) is 12.5. The molecule has 94 valence electrons. The zero-order valence-corrected chi connectivity index (χ0v) is 12.1. The quantitative estimate of drug-likeness (QED) is 0.683. The largest absolute Gasteiger partial charge is 0.309 e. The lowest BCUT2D eigenvalue weighted by molar-refractivity contribution is 0.437. The van der Waals surface area contributed by atoms with E-state index < -0.39 is 0 Å². The van der Waals surface area contributed by atoms with Crippen LogP contribution in [0.5, 0.6) is 0 Å². The Kier molecular flexibility index (Phi) is 3.28. The summed E-state index contributed by atoms with van der Waals surface area (Å²) in [4.78, 5) is 8.19. The lowest BCUT2D eigenvalue weighted by Gasteiger charge is -2.09. The second-order valence-corrected chi connectivity index (χ2v) is 6.42. The lowest BCUT2D eigenvalue weighted by Crippen LogP contribution is -2.14. The number of aromatic nitrogens is 2. The van der Waals surface area contributed by atoms with Gasteiger partial charge in [0.15, 0.2) is 0 Å². The maximum absolute atomic E-state index is 4.77. The summed E-state index contributed by atoms with van der Waals surface area (Å²) >= 11 is 3.57. The van der Waals surface area contributed by atoms with Gasteiger partial charge in [-0.1, -0.05) is 0 Å². The summed E-state index contributed by atoms with van der Waals surface area (Å²) in [5.41, 5.74) is 2.31. The maximum atomic E-state index is 4.77. The Balaban J connectivity index is 2.00. The standard InChI is InChI=1S/C13H15N3S2/c1-15(2)7-9-17-12-11-4-3-6-16(11)13-10(14-12)5-8-18-13/h3-6,8H,7,9H2,1-2H3. The van der Waals surface area contributed by atoms with Gasteiger partial charge in [0.25, 0.3) is 0 Å². The van der Waals surface area contributed by atoms with E-state index in [0.717, 1.165) is 22.8 Å². The van der Waals surface area contributed by atoms with E-state index in [4.69, 9.17) is 4.98 Å². The van der Waals surface area contributed by atoms with Gasteiger partial charge >= 0.3 is 0 Å². The van der Waals surface area contributed by atoms with Crippen molar-refractivity contribution >= 4 is 39.0 Å². The molecular formula is C13H15N3S2. The summed E-state index contributed by atoms with van der Waals surface area (Å²) in [5.74, 6) is 1.07. The van der Waals surface area contributed by atoms with Crippen molar-refractivity contribution in [1.82, 2.24) is 14.3 Å². The molecule has 5 heteroatoms. The molecule has 0 radical (unpaired) electrons. The Bertz CT molecular complexity index is 669. The van der Waals surface area contributed by atoms with E-state index in [0.29, 0.717) is 0 Å². The molecule has 3 rings (SSSR count). The third-order valence-corrected chi connectivity index (χ3v) is 4.67. The first-order valence-corrected chi connectivity index (χ1v) is 7.74. The lowest BCUT2D eigenvalue weighted by atomic mass is 10.5. The number of rotatable bonds is 4. The van der Waals surface area contributed by atoms with E-state index in [9.17, 15) is 0 Å². The fourth-order valence-electron chi connectivity index (χ4n) is 1.89. The minimum absolute atomic E-state index is 1.07. The molecule has 0 aliphatic rings. The Morgan fingerprint density at radius 1 is 1.39 bits per heavy atom. The van der Waals surface area contributed by atoms with Crippen LogP contribution in [0.3, 0.4) is 0 Å². The normalized spacial score (nSPS) is 11.9. The monoisotopic (exact) mass is 277 g/mol. The summed E-state index contributed by atoms with van der Waals surface area (Å²) in [7, 11) is 4.20. The van der Waals surface area contributed by atoms with E-state index in [1.54, 1.807) is 11.3 Å². The van der Waals surface area contributed by atoms with Gasteiger partial charge in [0, 0.05) is 18.5 Å². The van der Waals surface area contributed by atoms with Crippen LogP contribution < -0.4 is 0 Å². The highest BCUT2D eigenvalue weighted by Crippen LogP contribution is 2.28. The van der Waals surface area contributed by atoms with Gasteiger partial charge in [0.05, 0.1) is 11.0 Å². The third kappa shape index (κ3) is 2.13. The molecule has 0 aliphatic carbocycles. The Morgan fingerprint density at radius 3 is 3.11 bits per heavy atom. The van der Waals surface area contributed by atoms with Crippen LogP contribution >= 0.6 is 23.1 Å². The fourth-order valence-corrected chi connectivity index (χ4v) is 3.85. The second kappa shape index (κ2) is 4.91. The van der Waals surface area contributed by atoms with Crippen molar-refractivity contribution in [2.24, 2.45) is 0 Å². The van der Waals surface area contributed by atoms with Crippen molar-refractivity contribution in [3.05, 3.63) is 29.8 Å². The van der Waals surface area contributed by atoms with Crippen LogP contribution in [0, 0.1) is 0 Å². The molecule has 18 heavy (non-hydrogen) atoms. The second-order valence-electron chi connectivity index (χ2n) is 4.44. The van der Waals surface area contributed by atoms with Gasteiger partial charge < -0.3 is 9.30 Å². The first-order valence-electron chi connectivity index (χ1n) is 5.87. The van der Waals surface area contributed by atoms with Crippen LogP contribution in [0.15, 0.2) is 34.8 Å². The molecule has 0 aliphatic heterocycles. The van der Waals surface area contributed by atoms with Crippen LogP contribution in [0.4, 0.5) is 0 Å². The minimum Gasteiger partial charge on any atom is -0.309 e. The van der Waals surface area contributed by atoms with Gasteiger partial charge in [0.2, 0.25) is 0 Å².